The minimum absolute atomic E-state index is 0.0152. The van der Waals surface area contributed by atoms with E-state index >= 15 is 0 Å². The molecule has 90 valence electrons. The van der Waals surface area contributed by atoms with Crippen molar-refractivity contribution in [1.82, 2.24) is 9.78 Å². The van der Waals surface area contributed by atoms with E-state index in [1.807, 2.05) is 18.4 Å². The Morgan fingerprint density at radius 2 is 2.06 bits per heavy atom. The van der Waals surface area contributed by atoms with Crippen LogP contribution in [0.25, 0.3) is 5.69 Å². The summed E-state index contributed by atoms with van der Waals surface area (Å²) in [5.74, 6) is 0.952. The Bertz CT molecular complexity index is 544. The molecule has 1 aromatic heterocycles. The summed E-state index contributed by atoms with van der Waals surface area (Å²) in [4.78, 5) is 12.0. The predicted molar refractivity (Wildman–Crippen MR) is 73.5 cm³/mol. The van der Waals surface area contributed by atoms with E-state index < -0.39 is 0 Å². The zero-order valence-electron chi connectivity index (χ0n) is 9.44. The summed E-state index contributed by atoms with van der Waals surface area (Å²) >= 11 is 7.55. The van der Waals surface area contributed by atoms with Gasteiger partial charge in [-0.25, -0.2) is 4.68 Å². The second-order valence-corrected chi connectivity index (χ2v) is 5.08. The van der Waals surface area contributed by atoms with E-state index in [0.29, 0.717) is 5.02 Å². The molecule has 3 nitrogen and oxygen atoms in total. The van der Waals surface area contributed by atoms with Crippen LogP contribution in [0.1, 0.15) is 5.56 Å². The summed E-state index contributed by atoms with van der Waals surface area (Å²) in [5, 5.41) is 3.63. The van der Waals surface area contributed by atoms with Gasteiger partial charge >= 0.3 is 0 Å². The van der Waals surface area contributed by atoms with E-state index in [9.17, 15) is 4.79 Å². The van der Waals surface area contributed by atoms with Crippen LogP contribution in [-0.4, -0.2) is 21.8 Å². The van der Waals surface area contributed by atoms with E-state index in [1.165, 1.54) is 4.68 Å². The molecule has 0 amide bonds. The molecule has 17 heavy (non-hydrogen) atoms. The van der Waals surface area contributed by atoms with Crippen LogP contribution in [0, 0.1) is 0 Å². The highest BCUT2D eigenvalue weighted by Crippen LogP contribution is 2.11. The maximum absolute atomic E-state index is 12.0. The Kier molecular flexibility index (Phi) is 3.97. The average Bonchev–Trinajstić information content (AvgIpc) is 2.69. The highest BCUT2D eigenvalue weighted by Gasteiger charge is 2.06. The third-order valence-electron chi connectivity index (χ3n) is 2.51. The van der Waals surface area contributed by atoms with Crippen molar-refractivity contribution in [2.75, 3.05) is 12.0 Å². The van der Waals surface area contributed by atoms with Crippen molar-refractivity contribution >= 4 is 23.4 Å². The lowest BCUT2D eigenvalue weighted by Gasteiger charge is -2.00. The number of halogens is 1. The number of thioether (sulfide) groups is 1. The largest absolute Gasteiger partial charge is 0.298 e. The van der Waals surface area contributed by atoms with E-state index in [1.54, 1.807) is 30.1 Å². The van der Waals surface area contributed by atoms with Crippen LogP contribution >= 0.6 is 23.4 Å². The maximum Gasteiger partial charge on any atom is 0.274 e. The Morgan fingerprint density at radius 1 is 1.35 bits per heavy atom. The van der Waals surface area contributed by atoms with Gasteiger partial charge in [-0.3, -0.25) is 9.89 Å². The molecule has 0 atom stereocenters. The minimum Gasteiger partial charge on any atom is -0.298 e. The van der Waals surface area contributed by atoms with Gasteiger partial charge in [-0.1, -0.05) is 11.6 Å². The number of aromatic nitrogens is 2. The second-order valence-electron chi connectivity index (χ2n) is 3.66. The fourth-order valence-electron chi connectivity index (χ4n) is 1.58. The summed E-state index contributed by atoms with van der Waals surface area (Å²) in [6, 6.07) is 7.18. The molecule has 1 aromatic carbocycles. The zero-order valence-corrected chi connectivity index (χ0v) is 11.0. The molecule has 0 aliphatic carbocycles. The lowest BCUT2D eigenvalue weighted by molar-refractivity contribution is 0.846. The Hall–Kier alpha value is -1.13. The fraction of sp³-hybridized carbons (Fsp3) is 0.250. The van der Waals surface area contributed by atoms with E-state index in [4.69, 9.17) is 11.6 Å². The Labute approximate surface area is 109 Å². The highest BCUT2D eigenvalue weighted by molar-refractivity contribution is 7.98. The van der Waals surface area contributed by atoms with Crippen molar-refractivity contribution in [3.63, 3.8) is 0 Å². The first-order chi connectivity index (χ1) is 8.22. The summed E-state index contributed by atoms with van der Waals surface area (Å²) < 4.78 is 1.53. The fourth-order valence-corrected chi connectivity index (χ4v) is 2.13. The third kappa shape index (κ3) is 2.76. The summed E-state index contributed by atoms with van der Waals surface area (Å²) in [5.41, 5.74) is 1.63. The van der Waals surface area contributed by atoms with Crippen molar-refractivity contribution in [1.29, 1.82) is 0 Å². The van der Waals surface area contributed by atoms with Crippen molar-refractivity contribution in [3.8, 4) is 5.69 Å². The monoisotopic (exact) mass is 268 g/mol. The Morgan fingerprint density at radius 3 is 2.71 bits per heavy atom. The molecule has 5 heteroatoms. The molecule has 0 fully saturated rings. The Balaban J connectivity index is 2.31. The standard InChI is InChI=1S/C12H13ClN2OS/c1-17-7-6-9-8-14-15(12(9)16)11-4-2-10(13)3-5-11/h2-5,8,14H,6-7H2,1H3. The van der Waals surface area contributed by atoms with Crippen LogP contribution in [0.5, 0.6) is 0 Å². The summed E-state index contributed by atoms with van der Waals surface area (Å²) in [7, 11) is 0. The first-order valence-corrected chi connectivity index (χ1v) is 7.03. The lowest BCUT2D eigenvalue weighted by Crippen LogP contribution is -2.17. The van der Waals surface area contributed by atoms with Gasteiger partial charge in [0.2, 0.25) is 0 Å². The van der Waals surface area contributed by atoms with Crippen LogP contribution in [0.4, 0.5) is 0 Å². The molecule has 0 aliphatic rings. The number of H-pyrrole nitrogens is 1. The molecule has 0 aliphatic heterocycles. The molecule has 1 heterocycles. The lowest BCUT2D eigenvalue weighted by atomic mass is 10.3. The van der Waals surface area contributed by atoms with Gasteiger partial charge < -0.3 is 0 Å². The quantitative estimate of drug-likeness (QED) is 0.926. The van der Waals surface area contributed by atoms with Crippen molar-refractivity contribution in [2.24, 2.45) is 0 Å². The topological polar surface area (TPSA) is 37.8 Å². The van der Waals surface area contributed by atoms with Gasteiger partial charge in [0.1, 0.15) is 0 Å². The van der Waals surface area contributed by atoms with Crippen LogP contribution in [-0.2, 0) is 6.42 Å². The van der Waals surface area contributed by atoms with Gasteiger partial charge in [0.05, 0.1) is 5.69 Å². The smallest absolute Gasteiger partial charge is 0.274 e. The molecular weight excluding hydrogens is 256 g/mol. The summed E-state index contributed by atoms with van der Waals surface area (Å²) in [6.45, 7) is 0. The van der Waals surface area contributed by atoms with Gasteiger partial charge in [0.25, 0.3) is 5.56 Å². The SMILES string of the molecule is CSCCc1c[nH]n(-c2ccc(Cl)cc2)c1=O. The van der Waals surface area contributed by atoms with Crippen LogP contribution in [0.15, 0.2) is 35.3 Å². The molecule has 2 rings (SSSR count). The number of hydrogen-bond donors (Lipinski definition) is 1. The van der Waals surface area contributed by atoms with Crippen molar-refractivity contribution in [3.05, 3.63) is 51.4 Å². The molecule has 0 saturated carbocycles. The van der Waals surface area contributed by atoms with Gasteiger partial charge in [0, 0.05) is 16.8 Å². The van der Waals surface area contributed by atoms with Gasteiger partial charge in [0.15, 0.2) is 0 Å². The maximum atomic E-state index is 12.0. The minimum atomic E-state index is 0.0152. The van der Waals surface area contributed by atoms with Crippen LogP contribution < -0.4 is 5.56 Å². The molecule has 1 N–H and O–H groups in total. The van der Waals surface area contributed by atoms with Crippen molar-refractivity contribution in [2.45, 2.75) is 6.42 Å². The number of aryl methyl sites for hydroxylation is 1. The zero-order chi connectivity index (χ0) is 12.3. The number of rotatable bonds is 4. The molecule has 0 saturated heterocycles. The molecular formula is C12H13ClN2OS. The number of nitrogens with one attached hydrogen (secondary N) is 1. The summed E-state index contributed by atoms with van der Waals surface area (Å²) in [6.07, 6.45) is 4.59. The van der Waals surface area contributed by atoms with E-state index in [0.717, 1.165) is 23.4 Å². The second kappa shape index (κ2) is 5.47. The number of hydrogen-bond acceptors (Lipinski definition) is 2. The first kappa shape index (κ1) is 12.3. The molecule has 2 aromatic rings. The predicted octanol–water partition coefficient (Wildman–Crippen LogP) is 2.72. The molecule has 0 unspecified atom stereocenters. The molecule has 0 bridgehead atoms. The van der Waals surface area contributed by atoms with Crippen LogP contribution in [0.3, 0.4) is 0 Å². The number of nitrogens with zero attached hydrogens (tertiary/aromatic N) is 1. The molecule has 0 radical (unpaired) electrons. The van der Waals surface area contributed by atoms with Crippen LogP contribution in [0.2, 0.25) is 5.02 Å². The van der Waals surface area contributed by atoms with E-state index in [2.05, 4.69) is 5.10 Å². The van der Waals surface area contributed by atoms with Gasteiger partial charge in [-0.05, 0) is 42.7 Å². The highest BCUT2D eigenvalue weighted by atomic mass is 35.5. The van der Waals surface area contributed by atoms with Gasteiger partial charge in [-0.2, -0.15) is 11.8 Å². The normalized spacial score (nSPS) is 10.7. The average molecular weight is 269 g/mol. The first-order valence-electron chi connectivity index (χ1n) is 5.26. The number of aromatic amines is 1. The number of benzene rings is 1. The van der Waals surface area contributed by atoms with Gasteiger partial charge in [-0.15, -0.1) is 0 Å². The van der Waals surface area contributed by atoms with E-state index in [-0.39, 0.29) is 5.56 Å². The van der Waals surface area contributed by atoms with Crippen molar-refractivity contribution < 1.29 is 0 Å². The molecule has 0 spiro atoms. The third-order valence-corrected chi connectivity index (χ3v) is 3.37.